The molecule has 0 aliphatic carbocycles. The van der Waals surface area contributed by atoms with Gasteiger partial charge in [0.15, 0.2) is 0 Å². The van der Waals surface area contributed by atoms with Crippen LogP contribution in [0.15, 0.2) is 53.0 Å². The molecule has 1 fully saturated rings. The molecule has 1 amide bonds. The van der Waals surface area contributed by atoms with Gasteiger partial charge in [-0.3, -0.25) is 4.79 Å². The number of rotatable bonds is 3. The van der Waals surface area contributed by atoms with E-state index < -0.39 is 5.82 Å². The average molecular weight is 431 g/mol. The molecule has 1 aromatic heterocycles. The van der Waals surface area contributed by atoms with Gasteiger partial charge in [-0.1, -0.05) is 39.2 Å². The first-order valence-corrected chi connectivity index (χ1v) is 9.26. The Hall–Kier alpha value is -2.81. The third-order valence-corrected chi connectivity index (χ3v) is 4.96. The number of tetrazole rings is 1. The molecule has 0 radical (unpaired) electrons. The Labute approximate surface area is 163 Å². The first-order valence-electron chi connectivity index (χ1n) is 8.46. The minimum atomic E-state index is -0.515. The van der Waals surface area contributed by atoms with Crippen LogP contribution in [0.2, 0.25) is 0 Å². The Morgan fingerprint density at radius 1 is 1.04 bits per heavy atom. The van der Waals surface area contributed by atoms with Gasteiger partial charge in [0.1, 0.15) is 5.82 Å². The molecule has 2 heterocycles. The van der Waals surface area contributed by atoms with Crippen LogP contribution in [0.3, 0.4) is 0 Å². The molecule has 3 aromatic rings. The average Bonchev–Trinajstić information content (AvgIpc) is 3.20. The second-order valence-electron chi connectivity index (χ2n) is 6.13. The number of benzene rings is 2. The molecule has 0 spiro atoms. The van der Waals surface area contributed by atoms with E-state index in [0.29, 0.717) is 36.6 Å². The van der Waals surface area contributed by atoms with Crippen LogP contribution in [0.25, 0.3) is 5.69 Å². The Kier molecular flexibility index (Phi) is 4.85. The van der Waals surface area contributed by atoms with E-state index >= 15 is 0 Å². The molecule has 138 valence electrons. The third-order valence-electron chi connectivity index (χ3n) is 4.46. The first kappa shape index (κ1) is 17.6. The highest BCUT2D eigenvalue weighted by Gasteiger charge is 2.26. The van der Waals surface area contributed by atoms with Crippen molar-refractivity contribution in [1.82, 2.24) is 25.1 Å². The van der Waals surface area contributed by atoms with E-state index in [0.717, 1.165) is 5.69 Å². The Balaban J connectivity index is 1.48. The second-order valence-corrected chi connectivity index (χ2v) is 7.05. The van der Waals surface area contributed by atoms with Gasteiger partial charge in [-0.15, -0.1) is 0 Å². The lowest BCUT2D eigenvalue weighted by atomic mass is 10.1. The van der Waals surface area contributed by atoms with Crippen molar-refractivity contribution >= 4 is 27.8 Å². The van der Waals surface area contributed by atoms with Crippen molar-refractivity contribution in [2.24, 2.45) is 0 Å². The van der Waals surface area contributed by atoms with E-state index in [4.69, 9.17) is 0 Å². The molecule has 0 bridgehead atoms. The Morgan fingerprint density at radius 3 is 2.52 bits per heavy atom. The van der Waals surface area contributed by atoms with Crippen LogP contribution in [0.5, 0.6) is 0 Å². The topological polar surface area (TPSA) is 67.2 Å². The molecule has 0 saturated carbocycles. The summed E-state index contributed by atoms with van der Waals surface area (Å²) >= 11 is 3.28. The summed E-state index contributed by atoms with van der Waals surface area (Å²) in [5.41, 5.74) is 0.944. The fourth-order valence-corrected chi connectivity index (χ4v) is 3.42. The summed E-state index contributed by atoms with van der Waals surface area (Å²) in [5, 5.41) is 12.0. The number of halogens is 2. The van der Waals surface area contributed by atoms with Gasteiger partial charge in [-0.2, -0.15) is 4.68 Å². The molecule has 7 nitrogen and oxygen atoms in total. The zero-order valence-electron chi connectivity index (χ0n) is 14.3. The summed E-state index contributed by atoms with van der Waals surface area (Å²) in [6, 6.07) is 14.0. The van der Waals surface area contributed by atoms with Crippen molar-refractivity contribution in [2.45, 2.75) is 0 Å². The lowest BCUT2D eigenvalue weighted by Crippen LogP contribution is -2.49. The Bertz CT molecular complexity index is 955. The van der Waals surface area contributed by atoms with Crippen LogP contribution in [0.4, 0.5) is 10.3 Å². The normalized spacial score (nSPS) is 14.4. The number of para-hydroxylation sites is 1. The molecule has 0 N–H and O–H groups in total. The number of aromatic nitrogens is 4. The lowest BCUT2D eigenvalue weighted by molar-refractivity contribution is 0.0741. The molecule has 1 saturated heterocycles. The van der Waals surface area contributed by atoms with Crippen molar-refractivity contribution in [3.63, 3.8) is 0 Å². The maximum absolute atomic E-state index is 14.0. The largest absolute Gasteiger partial charge is 0.336 e. The van der Waals surface area contributed by atoms with E-state index in [2.05, 4.69) is 31.5 Å². The minimum absolute atomic E-state index is 0.0759. The molecule has 0 unspecified atom stereocenters. The van der Waals surface area contributed by atoms with Gasteiger partial charge in [0.05, 0.1) is 11.3 Å². The molecular formula is C18H16BrFN6O. The van der Waals surface area contributed by atoms with Crippen molar-refractivity contribution in [3.8, 4) is 5.69 Å². The summed E-state index contributed by atoms with van der Waals surface area (Å²) in [6.07, 6.45) is 0. The van der Waals surface area contributed by atoms with E-state index in [-0.39, 0.29) is 11.5 Å². The number of hydrogen-bond acceptors (Lipinski definition) is 5. The molecule has 2 aromatic carbocycles. The highest BCUT2D eigenvalue weighted by molar-refractivity contribution is 9.10. The fourth-order valence-electron chi connectivity index (χ4n) is 3.06. The predicted molar refractivity (Wildman–Crippen MR) is 101 cm³/mol. The Morgan fingerprint density at radius 2 is 1.78 bits per heavy atom. The van der Waals surface area contributed by atoms with Crippen molar-refractivity contribution in [1.29, 1.82) is 0 Å². The van der Waals surface area contributed by atoms with Gasteiger partial charge in [0, 0.05) is 30.7 Å². The van der Waals surface area contributed by atoms with Crippen molar-refractivity contribution in [2.75, 3.05) is 31.1 Å². The third kappa shape index (κ3) is 3.55. The zero-order valence-corrected chi connectivity index (χ0v) is 15.9. The van der Waals surface area contributed by atoms with Gasteiger partial charge >= 0.3 is 0 Å². The summed E-state index contributed by atoms with van der Waals surface area (Å²) in [4.78, 5) is 16.3. The van der Waals surface area contributed by atoms with Gasteiger partial charge < -0.3 is 9.80 Å². The maximum atomic E-state index is 14.0. The summed E-state index contributed by atoms with van der Waals surface area (Å²) in [5.74, 6) is -0.198. The minimum Gasteiger partial charge on any atom is -0.336 e. The monoisotopic (exact) mass is 430 g/mol. The van der Waals surface area contributed by atoms with Gasteiger partial charge in [0.25, 0.3) is 5.91 Å². The molecule has 9 heteroatoms. The fraction of sp³-hybridized carbons (Fsp3) is 0.222. The quantitative estimate of drug-likeness (QED) is 0.638. The maximum Gasteiger partial charge on any atom is 0.256 e. The second kappa shape index (κ2) is 7.43. The van der Waals surface area contributed by atoms with Gasteiger partial charge in [-0.25, -0.2) is 4.39 Å². The van der Waals surface area contributed by atoms with Gasteiger partial charge in [0.2, 0.25) is 5.95 Å². The molecule has 1 aliphatic rings. The SMILES string of the molecule is O=C(c1cc(Br)ccc1F)N1CCN(c2nnnn2-c2ccccc2)CC1. The molecule has 0 atom stereocenters. The highest BCUT2D eigenvalue weighted by Crippen LogP contribution is 2.20. The van der Waals surface area contributed by atoms with Gasteiger partial charge in [-0.05, 0) is 40.8 Å². The number of piperazine rings is 1. The van der Waals surface area contributed by atoms with Crippen LogP contribution < -0.4 is 4.90 Å². The van der Waals surface area contributed by atoms with E-state index in [1.807, 2.05) is 35.2 Å². The van der Waals surface area contributed by atoms with E-state index in [1.54, 1.807) is 15.6 Å². The first-order chi connectivity index (χ1) is 13.1. The standard InChI is InChI=1S/C18H16BrFN6O/c19-13-6-7-16(20)15(12-13)17(27)24-8-10-25(11-9-24)18-21-22-23-26(18)14-4-2-1-3-5-14/h1-7,12H,8-11H2. The van der Waals surface area contributed by atoms with Crippen LogP contribution in [-0.4, -0.2) is 57.2 Å². The number of hydrogen-bond donors (Lipinski definition) is 0. The summed E-state index contributed by atoms with van der Waals surface area (Å²) < 4.78 is 16.4. The molecule has 1 aliphatic heterocycles. The number of carbonyl (C=O) groups excluding carboxylic acids is 1. The van der Waals surface area contributed by atoms with Crippen LogP contribution in [0.1, 0.15) is 10.4 Å². The molecular weight excluding hydrogens is 415 g/mol. The number of anilines is 1. The number of amides is 1. The lowest BCUT2D eigenvalue weighted by Gasteiger charge is -2.34. The van der Waals surface area contributed by atoms with Crippen LogP contribution in [0, 0.1) is 5.82 Å². The molecule has 4 rings (SSSR count). The zero-order chi connectivity index (χ0) is 18.8. The van der Waals surface area contributed by atoms with Crippen LogP contribution >= 0.6 is 15.9 Å². The molecule has 27 heavy (non-hydrogen) atoms. The van der Waals surface area contributed by atoms with Crippen molar-refractivity contribution in [3.05, 3.63) is 64.4 Å². The number of carbonyl (C=O) groups is 1. The number of nitrogens with zero attached hydrogens (tertiary/aromatic N) is 6. The smallest absolute Gasteiger partial charge is 0.256 e. The predicted octanol–water partition coefficient (Wildman–Crippen LogP) is 2.53. The van der Waals surface area contributed by atoms with Crippen LogP contribution in [-0.2, 0) is 0 Å². The van der Waals surface area contributed by atoms with E-state index in [9.17, 15) is 9.18 Å². The summed E-state index contributed by atoms with van der Waals surface area (Å²) in [7, 11) is 0. The van der Waals surface area contributed by atoms with E-state index in [1.165, 1.54) is 12.1 Å². The van der Waals surface area contributed by atoms with Crippen molar-refractivity contribution < 1.29 is 9.18 Å². The summed E-state index contributed by atoms with van der Waals surface area (Å²) in [6.45, 7) is 2.06. The highest BCUT2D eigenvalue weighted by atomic mass is 79.9.